The Bertz CT molecular complexity index is 1550. The first-order valence-corrected chi connectivity index (χ1v) is 19.6. The van der Waals surface area contributed by atoms with Crippen LogP contribution in [0.15, 0.2) is 46.2 Å². The second kappa shape index (κ2) is 18.2. The largest absolute Gasteiger partial charge is 0.344 e. The summed E-state index contributed by atoms with van der Waals surface area (Å²) in [5.74, 6) is 1.21. The van der Waals surface area contributed by atoms with Gasteiger partial charge in [0.1, 0.15) is 0 Å². The molecule has 1 aromatic heterocycles. The zero-order chi connectivity index (χ0) is 33.6. The SMILES string of the molecule is CC.CC.CC.CC1CC(C)CN(S(=O)(=O)c2ccc3c(c2)c(=S)c2cc(S(=O)(=O)N4CC(C)CC(C)C4)ccc2n3C)C1.[La]. The molecule has 0 amide bonds. The topological polar surface area (TPSA) is 79.7 Å². The number of hydrogen-bond donors (Lipinski definition) is 0. The molecule has 1 radical (unpaired) electrons. The Morgan fingerprint density at radius 1 is 0.600 bits per heavy atom. The molecule has 5 rings (SSSR count). The Labute approximate surface area is 306 Å². The normalized spacial score (nSPS) is 22.6. The molecule has 2 saturated heterocycles. The summed E-state index contributed by atoms with van der Waals surface area (Å²) in [5, 5.41) is 1.26. The van der Waals surface area contributed by atoms with Crippen LogP contribution in [0.25, 0.3) is 21.8 Å². The van der Waals surface area contributed by atoms with Crippen molar-refractivity contribution < 1.29 is 52.4 Å². The number of hydrogen-bond acceptors (Lipinski definition) is 5. The molecule has 7 nitrogen and oxygen atoms in total. The maximum atomic E-state index is 13.6. The van der Waals surface area contributed by atoms with Crippen LogP contribution in [0.4, 0.5) is 0 Å². The standard InChI is InChI=1S/C28H37N3O4S3.3C2H6.La/c1-18-10-19(2)15-30(14-18)37(32,33)22-6-8-26-24(12-22)28(36)25-13-23(7-9-27(25)29(26)5)38(34,35)31-16-20(3)11-21(4)17-31;3*1-2;/h6-9,12-13,18-21H,10-11,14-17H2,1-5H3;3*1-2H3;. The second-order valence-corrected chi connectivity index (χ2v) is 16.1. The molecule has 3 heterocycles. The molecule has 2 aromatic carbocycles. The van der Waals surface area contributed by atoms with Crippen molar-refractivity contribution >= 4 is 54.1 Å². The second-order valence-electron chi connectivity index (χ2n) is 11.8. The van der Waals surface area contributed by atoms with E-state index in [-0.39, 0.29) is 45.4 Å². The van der Waals surface area contributed by atoms with Crippen LogP contribution < -0.4 is 0 Å². The van der Waals surface area contributed by atoms with Crippen LogP contribution >= 0.6 is 12.2 Å². The fraction of sp³-hybridized carbons (Fsp3) is 0.618. The third-order valence-corrected chi connectivity index (χ3v) is 12.2. The number of aromatic nitrogens is 1. The predicted octanol–water partition coefficient (Wildman–Crippen LogP) is 8.47. The monoisotopic (exact) mass is 804 g/mol. The molecule has 0 spiro atoms. The molecule has 0 aliphatic carbocycles. The van der Waals surface area contributed by atoms with E-state index in [0.717, 1.165) is 23.9 Å². The van der Waals surface area contributed by atoms with Crippen molar-refractivity contribution in [2.24, 2.45) is 30.7 Å². The van der Waals surface area contributed by atoms with Gasteiger partial charge in [-0.15, -0.1) is 0 Å². The molecule has 4 atom stereocenters. The third kappa shape index (κ3) is 9.28. The molecule has 11 heteroatoms. The fourth-order valence-corrected chi connectivity index (χ4v) is 10.2. The van der Waals surface area contributed by atoms with E-state index in [2.05, 4.69) is 27.7 Å². The summed E-state index contributed by atoms with van der Waals surface area (Å²) in [4.78, 5) is 0.439. The average Bonchev–Trinajstić information content (AvgIpc) is 3.01. The zero-order valence-electron chi connectivity index (χ0n) is 29.3. The van der Waals surface area contributed by atoms with Crippen LogP contribution in [-0.2, 0) is 27.1 Å². The van der Waals surface area contributed by atoms with Gasteiger partial charge in [-0.25, -0.2) is 16.8 Å². The molecule has 3 aromatic rings. The van der Waals surface area contributed by atoms with Gasteiger partial charge in [-0.1, -0.05) is 81.5 Å². The molecule has 0 saturated carbocycles. The third-order valence-electron chi connectivity index (χ3n) is 8.09. The minimum absolute atomic E-state index is 0. The van der Waals surface area contributed by atoms with Gasteiger partial charge in [0, 0.05) is 90.6 Å². The Morgan fingerprint density at radius 2 is 0.889 bits per heavy atom. The number of fused-ring (bicyclic) bond motifs is 2. The zero-order valence-corrected chi connectivity index (χ0v) is 35.4. The van der Waals surface area contributed by atoms with Crippen LogP contribution in [0.1, 0.15) is 82.1 Å². The van der Waals surface area contributed by atoms with Crippen molar-refractivity contribution in [1.82, 2.24) is 13.2 Å². The summed E-state index contributed by atoms with van der Waals surface area (Å²) in [6.45, 7) is 22.4. The number of piperidine rings is 2. The maximum absolute atomic E-state index is 13.6. The minimum atomic E-state index is -3.68. The molecular weight excluding hydrogens is 749 g/mol. The molecule has 4 unspecified atom stereocenters. The van der Waals surface area contributed by atoms with Gasteiger partial charge < -0.3 is 4.57 Å². The van der Waals surface area contributed by atoms with Crippen LogP contribution in [-0.4, -0.2) is 56.2 Å². The van der Waals surface area contributed by atoms with Crippen LogP contribution in [0.5, 0.6) is 0 Å². The van der Waals surface area contributed by atoms with Crippen molar-refractivity contribution in [3.05, 3.63) is 40.9 Å². The first-order valence-electron chi connectivity index (χ1n) is 16.4. The summed E-state index contributed by atoms with van der Waals surface area (Å²) in [6.07, 6.45) is 2.03. The number of aryl methyl sites for hydroxylation is 1. The van der Waals surface area contributed by atoms with E-state index in [4.69, 9.17) is 12.2 Å². The Kier molecular flexibility index (Phi) is 17.1. The summed E-state index contributed by atoms with van der Waals surface area (Å²) in [7, 11) is -5.47. The van der Waals surface area contributed by atoms with E-state index in [0.29, 0.717) is 65.1 Å². The van der Waals surface area contributed by atoms with Gasteiger partial charge in [0.05, 0.1) is 14.3 Å². The van der Waals surface area contributed by atoms with Gasteiger partial charge in [0.2, 0.25) is 20.0 Å². The first-order chi connectivity index (χ1) is 20.8. The van der Waals surface area contributed by atoms with E-state index >= 15 is 0 Å². The van der Waals surface area contributed by atoms with Crippen molar-refractivity contribution in [3.8, 4) is 0 Å². The van der Waals surface area contributed by atoms with E-state index in [1.807, 2.05) is 53.2 Å². The molecule has 251 valence electrons. The quantitative estimate of drug-likeness (QED) is 0.196. The number of pyridine rings is 1. The van der Waals surface area contributed by atoms with Crippen LogP contribution in [0.3, 0.4) is 0 Å². The Hall–Kier alpha value is -0.655. The minimum Gasteiger partial charge on any atom is -0.344 e. The van der Waals surface area contributed by atoms with Crippen molar-refractivity contribution in [2.75, 3.05) is 26.2 Å². The number of nitrogens with zero attached hydrogens (tertiary/aromatic N) is 3. The van der Waals surface area contributed by atoms with E-state index in [1.165, 1.54) is 0 Å². The van der Waals surface area contributed by atoms with Crippen molar-refractivity contribution in [3.63, 3.8) is 0 Å². The van der Waals surface area contributed by atoms with Gasteiger partial charge in [0.25, 0.3) is 0 Å². The first kappa shape index (κ1) is 42.4. The van der Waals surface area contributed by atoms with Gasteiger partial charge >= 0.3 is 0 Å². The van der Waals surface area contributed by atoms with Gasteiger partial charge in [-0.2, -0.15) is 8.61 Å². The van der Waals surface area contributed by atoms with Gasteiger partial charge in [0.15, 0.2) is 0 Å². The summed E-state index contributed by atoms with van der Waals surface area (Å²) >= 11 is 5.88. The number of benzene rings is 2. The maximum Gasteiger partial charge on any atom is 0.243 e. The number of sulfonamides is 2. The van der Waals surface area contributed by atoms with Crippen molar-refractivity contribution in [2.45, 2.75) is 91.9 Å². The Morgan fingerprint density at radius 3 is 1.18 bits per heavy atom. The summed E-state index contributed by atoms with van der Waals surface area (Å²) in [5.41, 5.74) is 1.60. The molecule has 2 fully saturated rings. The summed E-state index contributed by atoms with van der Waals surface area (Å²) in [6, 6.07) is 10.2. The smallest absolute Gasteiger partial charge is 0.243 e. The van der Waals surface area contributed by atoms with E-state index < -0.39 is 20.0 Å². The predicted molar refractivity (Wildman–Crippen MR) is 189 cm³/mol. The average molecular weight is 805 g/mol. The van der Waals surface area contributed by atoms with Gasteiger partial charge in [-0.3, -0.25) is 0 Å². The van der Waals surface area contributed by atoms with Crippen LogP contribution in [0.2, 0.25) is 0 Å². The molecular formula is C34H55LaN3O4S3. The molecule has 0 N–H and O–H groups in total. The summed E-state index contributed by atoms with van der Waals surface area (Å²) < 4.78 is 60.0. The fourth-order valence-electron chi connectivity index (χ4n) is 6.48. The van der Waals surface area contributed by atoms with Gasteiger partial charge in [-0.05, 0) is 72.9 Å². The van der Waals surface area contributed by atoms with E-state index in [1.54, 1.807) is 45.0 Å². The van der Waals surface area contributed by atoms with E-state index in [9.17, 15) is 16.8 Å². The molecule has 2 aliphatic rings. The molecule has 2 aliphatic heterocycles. The van der Waals surface area contributed by atoms with Crippen molar-refractivity contribution in [1.29, 1.82) is 0 Å². The van der Waals surface area contributed by atoms with Crippen LogP contribution in [0, 0.1) is 63.8 Å². The molecule has 0 bridgehead atoms. The number of rotatable bonds is 4. The molecule has 45 heavy (non-hydrogen) atoms. The Balaban J connectivity index is 0.00000137.